The molecule has 2 aromatic rings. The number of thiophene rings is 1. The summed E-state index contributed by atoms with van der Waals surface area (Å²) in [6, 6.07) is 7.12. The van der Waals surface area contributed by atoms with Crippen molar-refractivity contribution in [3.63, 3.8) is 0 Å². The quantitative estimate of drug-likeness (QED) is 0.769. The van der Waals surface area contributed by atoms with Gasteiger partial charge in [-0.15, -0.1) is 11.3 Å². The van der Waals surface area contributed by atoms with Crippen LogP contribution >= 0.6 is 11.3 Å². The molecule has 1 fully saturated rings. The number of carbonyl (C=O) groups excluding carboxylic acids is 2. The number of likely N-dealkylation sites (tertiary alicyclic amines) is 1. The fourth-order valence-corrected chi connectivity index (χ4v) is 4.43. The van der Waals surface area contributed by atoms with E-state index in [1.807, 2.05) is 35.8 Å². The summed E-state index contributed by atoms with van der Waals surface area (Å²) in [4.78, 5) is 30.8. The minimum absolute atomic E-state index is 0.0122. The lowest BCUT2D eigenvalue weighted by atomic mass is 10.2. The summed E-state index contributed by atoms with van der Waals surface area (Å²) in [6.45, 7) is 6.02. The van der Waals surface area contributed by atoms with Gasteiger partial charge in [0.25, 0.3) is 17.8 Å². The van der Waals surface area contributed by atoms with Gasteiger partial charge in [0.05, 0.1) is 18.0 Å². The van der Waals surface area contributed by atoms with Crippen LogP contribution in [-0.4, -0.2) is 48.4 Å². The third kappa shape index (κ3) is 3.49. The Morgan fingerprint density at radius 2 is 2.04 bits per heavy atom. The van der Waals surface area contributed by atoms with E-state index in [0.717, 1.165) is 22.6 Å². The van der Waals surface area contributed by atoms with Crippen molar-refractivity contribution in [2.24, 2.45) is 0 Å². The lowest BCUT2D eigenvalue weighted by Gasteiger charge is -2.23. The summed E-state index contributed by atoms with van der Waals surface area (Å²) in [5, 5.41) is 0. The monoisotopic (exact) mass is 376 g/mol. The van der Waals surface area contributed by atoms with Crippen LogP contribution in [0.4, 0.5) is 0 Å². The average Bonchev–Trinajstić information content (AvgIpc) is 3.41. The summed E-state index contributed by atoms with van der Waals surface area (Å²) in [7, 11) is 1.51. The van der Waals surface area contributed by atoms with Gasteiger partial charge in [0.15, 0.2) is 5.76 Å². The van der Waals surface area contributed by atoms with Crippen molar-refractivity contribution in [2.75, 3.05) is 26.7 Å². The third-order valence-electron chi connectivity index (χ3n) is 4.72. The molecule has 0 bridgehead atoms. The molecule has 0 saturated carbocycles. The number of carbonyl (C=O) groups is 2. The van der Waals surface area contributed by atoms with E-state index in [2.05, 4.69) is 0 Å². The van der Waals surface area contributed by atoms with Crippen molar-refractivity contribution >= 4 is 23.2 Å². The number of amides is 2. The molecule has 0 aromatic carbocycles. The highest BCUT2D eigenvalue weighted by Gasteiger charge is 2.33. The van der Waals surface area contributed by atoms with Crippen molar-refractivity contribution in [1.29, 1.82) is 0 Å². The Balaban J connectivity index is 1.78. The molecule has 0 spiro atoms. The van der Waals surface area contributed by atoms with Gasteiger partial charge in [-0.1, -0.05) is 0 Å². The first-order valence-corrected chi connectivity index (χ1v) is 9.74. The molecule has 3 heterocycles. The number of hydrogen-bond donors (Lipinski definition) is 0. The predicted octanol–water partition coefficient (Wildman–Crippen LogP) is 3.81. The molecule has 6 nitrogen and oxygen atoms in total. The SMILES string of the molecule is CCN(CC)C(=O)c1ccc([C@H]2CCCN2C(=O)c2ccc(OC)o2)s1. The van der Waals surface area contributed by atoms with Gasteiger partial charge in [-0.2, -0.15) is 0 Å². The van der Waals surface area contributed by atoms with Gasteiger partial charge in [0, 0.05) is 30.6 Å². The molecule has 1 aliphatic rings. The van der Waals surface area contributed by atoms with Crippen molar-refractivity contribution in [2.45, 2.75) is 32.7 Å². The van der Waals surface area contributed by atoms with Gasteiger partial charge in [-0.05, 0) is 44.9 Å². The molecule has 1 saturated heterocycles. The highest BCUT2D eigenvalue weighted by atomic mass is 32.1. The van der Waals surface area contributed by atoms with Crippen molar-refractivity contribution in [1.82, 2.24) is 9.80 Å². The molecule has 2 amide bonds. The second kappa shape index (κ2) is 7.95. The smallest absolute Gasteiger partial charge is 0.290 e. The first-order valence-electron chi connectivity index (χ1n) is 8.92. The summed E-state index contributed by atoms with van der Waals surface area (Å²) in [5.74, 6) is 0.524. The van der Waals surface area contributed by atoms with Gasteiger partial charge in [-0.3, -0.25) is 9.59 Å². The molecular formula is C19H24N2O4S. The van der Waals surface area contributed by atoms with E-state index >= 15 is 0 Å². The normalized spacial score (nSPS) is 16.7. The minimum Gasteiger partial charge on any atom is -0.468 e. The van der Waals surface area contributed by atoms with Crippen LogP contribution in [0.5, 0.6) is 5.95 Å². The van der Waals surface area contributed by atoms with E-state index in [0.29, 0.717) is 25.6 Å². The van der Waals surface area contributed by atoms with E-state index in [4.69, 9.17) is 9.15 Å². The summed E-state index contributed by atoms with van der Waals surface area (Å²) >= 11 is 1.48. The summed E-state index contributed by atoms with van der Waals surface area (Å²) < 4.78 is 10.4. The van der Waals surface area contributed by atoms with E-state index < -0.39 is 0 Å². The minimum atomic E-state index is -0.138. The van der Waals surface area contributed by atoms with Crippen LogP contribution < -0.4 is 4.74 Å². The van der Waals surface area contributed by atoms with Crippen LogP contribution in [0.25, 0.3) is 0 Å². The highest BCUT2D eigenvalue weighted by Crippen LogP contribution is 2.37. The first kappa shape index (κ1) is 18.5. The van der Waals surface area contributed by atoms with Crippen molar-refractivity contribution < 1.29 is 18.7 Å². The molecule has 0 unspecified atom stereocenters. The van der Waals surface area contributed by atoms with Crippen LogP contribution in [0.2, 0.25) is 0 Å². The van der Waals surface area contributed by atoms with Crippen LogP contribution in [0.3, 0.4) is 0 Å². The molecular weight excluding hydrogens is 352 g/mol. The standard InChI is InChI=1S/C19H24N2O4S/c1-4-20(5-2)19(23)16-10-9-15(26-16)13-7-6-12-21(13)18(22)14-8-11-17(24-3)25-14/h8-11,13H,4-7,12H2,1-3H3/t13-/m1/s1. The second-order valence-corrected chi connectivity index (χ2v) is 7.27. The molecule has 0 radical (unpaired) electrons. The van der Waals surface area contributed by atoms with Gasteiger partial charge in [0.2, 0.25) is 0 Å². The molecule has 1 aliphatic heterocycles. The van der Waals surface area contributed by atoms with E-state index in [1.54, 1.807) is 12.1 Å². The molecule has 140 valence electrons. The Morgan fingerprint density at radius 3 is 2.69 bits per heavy atom. The Hall–Kier alpha value is -2.28. The number of hydrogen-bond acceptors (Lipinski definition) is 5. The van der Waals surface area contributed by atoms with Crippen LogP contribution in [0, 0.1) is 0 Å². The maximum atomic E-state index is 12.8. The molecule has 0 N–H and O–H groups in total. The lowest BCUT2D eigenvalue weighted by Crippen LogP contribution is -2.30. The number of methoxy groups -OCH3 is 1. The number of nitrogens with zero attached hydrogens (tertiary/aromatic N) is 2. The molecule has 26 heavy (non-hydrogen) atoms. The summed E-state index contributed by atoms with van der Waals surface area (Å²) in [6.07, 6.45) is 1.83. The van der Waals surface area contributed by atoms with E-state index in [9.17, 15) is 9.59 Å². The number of rotatable bonds is 6. The molecule has 7 heteroatoms. The first-order chi connectivity index (χ1) is 12.6. The van der Waals surface area contributed by atoms with E-state index in [1.165, 1.54) is 18.4 Å². The number of furan rings is 1. The molecule has 3 rings (SSSR count). The molecule has 0 aliphatic carbocycles. The topological polar surface area (TPSA) is 63.0 Å². The van der Waals surface area contributed by atoms with Crippen LogP contribution in [-0.2, 0) is 0 Å². The Bertz CT molecular complexity index is 778. The lowest BCUT2D eigenvalue weighted by molar-refractivity contribution is 0.0699. The fraction of sp³-hybridized carbons (Fsp3) is 0.474. The number of ether oxygens (including phenoxy) is 1. The van der Waals surface area contributed by atoms with E-state index in [-0.39, 0.29) is 23.6 Å². The van der Waals surface area contributed by atoms with Crippen molar-refractivity contribution in [3.05, 3.63) is 39.8 Å². The fourth-order valence-electron chi connectivity index (χ4n) is 3.31. The van der Waals surface area contributed by atoms with Gasteiger partial charge >= 0.3 is 0 Å². The zero-order valence-corrected chi connectivity index (χ0v) is 16.2. The van der Waals surface area contributed by atoms with Gasteiger partial charge in [0.1, 0.15) is 0 Å². The zero-order chi connectivity index (χ0) is 18.7. The molecule has 2 aromatic heterocycles. The Morgan fingerprint density at radius 1 is 1.27 bits per heavy atom. The van der Waals surface area contributed by atoms with Gasteiger partial charge in [-0.25, -0.2) is 0 Å². The largest absolute Gasteiger partial charge is 0.468 e. The second-order valence-electron chi connectivity index (χ2n) is 6.16. The maximum Gasteiger partial charge on any atom is 0.290 e. The Kier molecular flexibility index (Phi) is 5.66. The maximum absolute atomic E-state index is 12.8. The third-order valence-corrected chi connectivity index (χ3v) is 5.90. The Labute approximate surface area is 157 Å². The van der Waals surface area contributed by atoms with Crippen LogP contribution in [0.15, 0.2) is 28.7 Å². The summed E-state index contributed by atoms with van der Waals surface area (Å²) in [5.41, 5.74) is 0. The predicted molar refractivity (Wildman–Crippen MR) is 99.8 cm³/mol. The average molecular weight is 376 g/mol. The van der Waals surface area contributed by atoms with Crippen LogP contribution in [0.1, 0.15) is 57.8 Å². The zero-order valence-electron chi connectivity index (χ0n) is 15.4. The van der Waals surface area contributed by atoms with Gasteiger partial charge < -0.3 is 19.0 Å². The molecule has 1 atom stereocenters. The van der Waals surface area contributed by atoms with Crippen molar-refractivity contribution in [3.8, 4) is 5.95 Å². The highest BCUT2D eigenvalue weighted by molar-refractivity contribution is 7.14.